The van der Waals surface area contributed by atoms with Crippen molar-refractivity contribution in [2.24, 2.45) is 0 Å². The summed E-state index contributed by atoms with van der Waals surface area (Å²) in [6, 6.07) is 4.34. The minimum absolute atomic E-state index is 0.471. The van der Waals surface area contributed by atoms with Crippen molar-refractivity contribution in [3.63, 3.8) is 0 Å². The monoisotopic (exact) mass is 235 g/mol. The van der Waals surface area contributed by atoms with E-state index in [0.717, 1.165) is 31.9 Å². The number of hydrogen-bond acceptors (Lipinski definition) is 3. The maximum absolute atomic E-state index is 4.64. The fourth-order valence-corrected chi connectivity index (χ4v) is 1.62. The summed E-state index contributed by atoms with van der Waals surface area (Å²) in [7, 11) is 0. The number of nitrogens with one attached hydrogen (secondary N) is 2. The third kappa shape index (κ3) is 4.73. The largest absolute Gasteiger partial charge is 0.370 e. The summed E-state index contributed by atoms with van der Waals surface area (Å²) in [4.78, 5) is 4.64. The van der Waals surface area contributed by atoms with Gasteiger partial charge in [0.2, 0.25) is 0 Å². The standard InChI is InChI=1S/C14H25N3/c1-5-7-16-14-9-12(10-15-6-2)8-13(17-14)11(3)4/h8-9,11,15H,5-7,10H2,1-4H3,(H,16,17). The fraction of sp³-hybridized carbons (Fsp3) is 0.643. The van der Waals surface area contributed by atoms with Crippen LogP contribution < -0.4 is 10.6 Å². The van der Waals surface area contributed by atoms with Gasteiger partial charge in [-0.25, -0.2) is 4.98 Å². The van der Waals surface area contributed by atoms with Crippen molar-refractivity contribution in [3.8, 4) is 0 Å². The molecule has 0 aliphatic carbocycles. The van der Waals surface area contributed by atoms with E-state index in [0.29, 0.717) is 5.92 Å². The Morgan fingerprint density at radius 2 is 2.00 bits per heavy atom. The molecule has 0 aromatic carbocycles. The first-order chi connectivity index (χ1) is 8.17. The van der Waals surface area contributed by atoms with Crippen molar-refractivity contribution in [3.05, 3.63) is 23.4 Å². The highest BCUT2D eigenvalue weighted by Crippen LogP contribution is 2.17. The predicted octanol–water partition coefficient (Wildman–Crippen LogP) is 3.14. The third-order valence-electron chi connectivity index (χ3n) is 2.63. The Morgan fingerprint density at radius 3 is 2.59 bits per heavy atom. The maximum Gasteiger partial charge on any atom is 0.126 e. The van der Waals surface area contributed by atoms with E-state index in [1.807, 2.05) is 0 Å². The Bertz CT molecular complexity index is 308. The van der Waals surface area contributed by atoms with Crippen molar-refractivity contribution in [2.75, 3.05) is 18.4 Å². The second-order valence-corrected chi connectivity index (χ2v) is 4.65. The molecule has 0 aliphatic rings. The van der Waals surface area contributed by atoms with E-state index in [1.165, 1.54) is 11.3 Å². The second-order valence-electron chi connectivity index (χ2n) is 4.65. The lowest BCUT2D eigenvalue weighted by molar-refractivity contribution is 0.720. The minimum Gasteiger partial charge on any atom is -0.370 e. The van der Waals surface area contributed by atoms with Gasteiger partial charge in [-0.05, 0) is 36.6 Å². The van der Waals surface area contributed by atoms with Gasteiger partial charge in [0.25, 0.3) is 0 Å². The van der Waals surface area contributed by atoms with E-state index in [4.69, 9.17) is 0 Å². The average Bonchev–Trinajstić information content (AvgIpc) is 2.33. The highest BCUT2D eigenvalue weighted by molar-refractivity contribution is 5.40. The molecule has 0 spiro atoms. The Hall–Kier alpha value is -1.09. The van der Waals surface area contributed by atoms with E-state index >= 15 is 0 Å². The van der Waals surface area contributed by atoms with Gasteiger partial charge >= 0.3 is 0 Å². The van der Waals surface area contributed by atoms with Crippen molar-refractivity contribution in [1.29, 1.82) is 0 Å². The number of anilines is 1. The molecule has 0 saturated heterocycles. The van der Waals surface area contributed by atoms with Crippen LogP contribution in [0.15, 0.2) is 12.1 Å². The maximum atomic E-state index is 4.64. The molecular formula is C14H25N3. The molecule has 3 heteroatoms. The van der Waals surface area contributed by atoms with Crippen LogP contribution in [0.5, 0.6) is 0 Å². The minimum atomic E-state index is 0.471. The molecule has 3 nitrogen and oxygen atoms in total. The third-order valence-corrected chi connectivity index (χ3v) is 2.63. The summed E-state index contributed by atoms with van der Waals surface area (Å²) in [6.07, 6.45) is 1.12. The molecule has 1 aromatic rings. The summed E-state index contributed by atoms with van der Waals surface area (Å²) in [5, 5.41) is 6.73. The molecule has 17 heavy (non-hydrogen) atoms. The van der Waals surface area contributed by atoms with Crippen LogP contribution in [0.1, 0.15) is 51.3 Å². The molecule has 0 amide bonds. The van der Waals surface area contributed by atoms with Crippen LogP contribution in [-0.4, -0.2) is 18.1 Å². The van der Waals surface area contributed by atoms with Gasteiger partial charge in [-0.1, -0.05) is 27.7 Å². The number of hydrogen-bond donors (Lipinski definition) is 2. The number of rotatable bonds is 7. The van der Waals surface area contributed by atoms with Gasteiger partial charge in [-0.2, -0.15) is 0 Å². The smallest absolute Gasteiger partial charge is 0.126 e. The van der Waals surface area contributed by atoms with Crippen molar-refractivity contribution in [1.82, 2.24) is 10.3 Å². The summed E-state index contributed by atoms with van der Waals surface area (Å²) in [6.45, 7) is 11.6. The molecule has 0 saturated carbocycles. The molecule has 0 radical (unpaired) electrons. The fourth-order valence-electron chi connectivity index (χ4n) is 1.62. The van der Waals surface area contributed by atoms with E-state index in [-0.39, 0.29) is 0 Å². The van der Waals surface area contributed by atoms with E-state index in [1.54, 1.807) is 0 Å². The zero-order valence-electron chi connectivity index (χ0n) is 11.5. The first-order valence-corrected chi connectivity index (χ1v) is 6.62. The first kappa shape index (κ1) is 14.0. The van der Waals surface area contributed by atoms with Crippen molar-refractivity contribution in [2.45, 2.75) is 46.6 Å². The Labute approximate surface area is 105 Å². The Balaban J connectivity index is 2.84. The number of nitrogens with zero attached hydrogens (tertiary/aromatic N) is 1. The molecule has 0 fully saturated rings. The average molecular weight is 235 g/mol. The lowest BCUT2D eigenvalue weighted by Crippen LogP contribution is -2.13. The molecule has 0 unspecified atom stereocenters. The normalized spacial score (nSPS) is 10.9. The molecule has 1 heterocycles. The quantitative estimate of drug-likeness (QED) is 0.762. The molecule has 0 atom stereocenters. The molecule has 1 aromatic heterocycles. The van der Waals surface area contributed by atoms with Gasteiger partial charge in [0.15, 0.2) is 0 Å². The number of pyridine rings is 1. The SMILES string of the molecule is CCCNc1cc(CNCC)cc(C(C)C)n1. The van der Waals surface area contributed by atoms with Crippen LogP contribution in [0, 0.1) is 0 Å². The molecule has 0 bridgehead atoms. The van der Waals surface area contributed by atoms with Gasteiger partial charge in [-0.15, -0.1) is 0 Å². The Kier molecular flexibility index (Phi) is 5.98. The zero-order chi connectivity index (χ0) is 12.7. The molecule has 0 aliphatic heterocycles. The first-order valence-electron chi connectivity index (χ1n) is 6.62. The lowest BCUT2D eigenvalue weighted by Gasteiger charge is -2.12. The molecule has 96 valence electrons. The van der Waals surface area contributed by atoms with Gasteiger partial charge < -0.3 is 10.6 Å². The van der Waals surface area contributed by atoms with E-state index < -0.39 is 0 Å². The lowest BCUT2D eigenvalue weighted by atomic mass is 10.1. The summed E-state index contributed by atoms with van der Waals surface area (Å²) < 4.78 is 0. The zero-order valence-corrected chi connectivity index (χ0v) is 11.5. The summed E-state index contributed by atoms with van der Waals surface area (Å²) in [5.41, 5.74) is 2.48. The number of aromatic nitrogens is 1. The van der Waals surface area contributed by atoms with E-state index in [2.05, 4.69) is 55.4 Å². The van der Waals surface area contributed by atoms with Crippen LogP contribution in [-0.2, 0) is 6.54 Å². The predicted molar refractivity (Wildman–Crippen MR) is 74.5 cm³/mol. The van der Waals surface area contributed by atoms with Crippen molar-refractivity contribution < 1.29 is 0 Å². The van der Waals surface area contributed by atoms with Crippen LogP contribution >= 0.6 is 0 Å². The van der Waals surface area contributed by atoms with Gasteiger partial charge in [-0.3, -0.25) is 0 Å². The molecular weight excluding hydrogens is 210 g/mol. The van der Waals surface area contributed by atoms with Gasteiger partial charge in [0.1, 0.15) is 5.82 Å². The van der Waals surface area contributed by atoms with Crippen LogP contribution in [0.3, 0.4) is 0 Å². The topological polar surface area (TPSA) is 37.0 Å². The van der Waals surface area contributed by atoms with Crippen molar-refractivity contribution >= 4 is 5.82 Å². The van der Waals surface area contributed by atoms with Gasteiger partial charge in [0, 0.05) is 18.8 Å². The van der Waals surface area contributed by atoms with Crippen LogP contribution in [0.25, 0.3) is 0 Å². The van der Waals surface area contributed by atoms with E-state index in [9.17, 15) is 0 Å². The highest BCUT2D eigenvalue weighted by Gasteiger charge is 2.05. The second kappa shape index (κ2) is 7.28. The summed E-state index contributed by atoms with van der Waals surface area (Å²) in [5.74, 6) is 1.48. The summed E-state index contributed by atoms with van der Waals surface area (Å²) >= 11 is 0. The van der Waals surface area contributed by atoms with Crippen LogP contribution in [0.4, 0.5) is 5.82 Å². The Morgan fingerprint density at radius 1 is 1.24 bits per heavy atom. The van der Waals surface area contributed by atoms with Gasteiger partial charge in [0.05, 0.1) is 0 Å². The van der Waals surface area contributed by atoms with Crippen LogP contribution in [0.2, 0.25) is 0 Å². The highest BCUT2D eigenvalue weighted by atomic mass is 15.0. The molecule has 2 N–H and O–H groups in total. The molecule has 1 rings (SSSR count).